The summed E-state index contributed by atoms with van der Waals surface area (Å²) in [5.41, 5.74) is 7.58. The number of benzene rings is 5. The summed E-state index contributed by atoms with van der Waals surface area (Å²) in [6, 6.07) is 43.6. The molecule has 0 unspecified atom stereocenters. The molecule has 0 N–H and O–H groups in total. The number of rotatable bonds is 3. The third kappa shape index (κ3) is 2.68. The number of para-hydroxylation sites is 4. The van der Waals surface area contributed by atoms with E-state index >= 15 is 0 Å². The van der Waals surface area contributed by atoms with Crippen LogP contribution in [0.2, 0.25) is 0 Å². The van der Waals surface area contributed by atoms with Crippen molar-refractivity contribution < 1.29 is 0 Å². The number of aromatic nitrogens is 2. The Kier molecular flexibility index (Phi) is 3.94. The van der Waals surface area contributed by atoms with E-state index < -0.39 is 0 Å². The zero-order valence-corrected chi connectivity index (χ0v) is 18.1. The van der Waals surface area contributed by atoms with Gasteiger partial charge in [-0.15, -0.1) is 0 Å². The summed E-state index contributed by atoms with van der Waals surface area (Å²) < 4.78 is 4.86. The van der Waals surface area contributed by atoms with Gasteiger partial charge >= 0.3 is 0 Å². The van der Waals surface area contributed by atoms with E-state index in [1.807, 2.05) is 0 Å². The number of hydrogen-bond acceptors (Lipinski definition) is 0. The van der Waals surface area contributed by atoms with Crippen LogP contribution < -0.4 is 0 Å². The van der Waals surface area contributed by atoms with Crippen molar-refractivity contribution in [2.75, 3.05) is 0 Å². The van der Waals surface area contributed by atoms with Gasteiger partial charge in [0.25, 0.3) is 0 Å². The SMILES string of the molecule is c1ccc(-n2c3ccccc3c3c(Cn4c5ccccc5c5ccccc54)cccc32)cc1. The van der Waals surface area contributed by atoms with Crippen LogP contribution in [-0.4, -0.2) is 9.13 Å². The van der Waals surface area contributed by atoms with Gasteiger partial charge in [-0.25, -0.2) is 0 Å². The molecule has 0 amide bonds. The molecule has 2 nitrogen and oxygen atoms in total. The zero-order chi connectivity index (χ0) is 21.8. The molecule has 0 fully saturated rings. The first-order chi connectivity index (χ1) is 16.4. The second-order valence-corrected chi connectivity index (χ2v) is 8.62. The van der Waals surface area contributed by atoms with Crippen molar-refractivity contribution in [3.8, 4) is 5.69 Å². The van der Waals surface area contributed by atoms with E-state index in [4.69, 9.17) is 0 Å². The van der Waals surface area contributed by atoms with Crippen LogP contribution in [0, 0.1) is 0 Å². The second kappa shape index (κ2) is 7.11. The highest BCUT2D eigenvalue weighted by Gasteiger charge is 2.16. The van der Waals surface area contributed by atoms with Crippen LogP contribution in [0.4, 0.5) is 0 Å². The van der Waals surface area contributed by atoms with Gasteiger partial charge in [0.15, 0.2) is 0 Å². The highest BCUT2D eigenvalue weighted by Crippen LogP contribution is 2.36. The predicted molar refractivity (Wildman–Crippen MR) is 139 cm³/mol. The Morgan fingerprint density at radius 1 is 0.424 bits per heavy atom. The van der Waals surface area contributed by atoms with Crippen LogP contribution in [0.1, 0.15) is 5.56 Å². The number of fused-ring (bicyclic) bond motifs is 6. The summed E-state index contributed by atoms with van der Waals surface area (Å²) in [6.45, 7) is 0.828. The minimum atomic E-state index is 0.828. The molecule has 7 aromatic rings. The largest absolute Gasteiger partial charge is 0.336 e. The molecule has 0 aliphatic heterocycles. The summed E-state index contributed by atoms with van der Waals surface area (Å²) in [5.74, 6) is 0. The molecule has 156 valence electrons. The summed E-state index contributed by atoms with van der Waals surface area (Å²) in [5, 5.41) is 5.26. The van der Waals surface area contributed by atoms with Crippen molar-refractivity contribution >= 4 is 43.6 Å². The summed E-state index contributed by atoms with van der Waals surface area (Å²) in [6.07, 6.45) is 0. The van der Waals surface area contributed by atoms with E-state index in [2.05, 4.69) is 130 Å². The molecule has 5 aromatic carbocycles. The van der Waals surface area contributed by atoms with E-state index in [9.17, 15) is 0 Å². The Balaban J connectivity index is 1.54. The summed E-state index contributed by atoms with van der Waals surface area (Å²) in [4.78, 5) is 0. The Morgan fingerprint density at radius 2 is 0.970 bits per heavy atom. The van der Waals surface area contributed by atoms with Gasteiger partial charge in [0.1, 0.15) is 0 Å². The average molecular weight is 423 g/mol. The monoisotopic (exact) mass is 422 g/mol. The maximum Gasteiger partial charge on any atom is 0.0544 e. The maximum absolute atomic E-state index is 2.47. The minimum absolute atomic E-state index is 0.828. The van der Waals surface area contributed by atoms with Crippen LogP contribution in [0.25, 0.3) is 49.3 Å². The predicted octanol–water partition coefficient (Wildman–Crippen LogP) is 7.94. The van der Waals surface area contributed by atoms with Gasteiger partial charge in [-0.3, -0.25) is 0 Å². The van der Waals surface area contributed by atoms with Crippen LogP contribution in [-0.2, 0) is 6.54 Å². The smallest absolute Gasteiger partial charge is 0.0544 e. The maximum atomic E-state index is 2.47. The molecule has 0 saturated carbocycles. The molecule has 2 aromatic heterocycles. The summed E-state index contributed by atoms with van der Waals surface area (Å²) >= 11 is 0. The van der Waals surface area contributed by atoms with Crippen molar-refractivity contribution in [3.05, 3.63) is 127 Å². The lowest BCUT2D eigenvalue weighted by atomic mass is 10.1. The first kappa shape index (κ1) is 18.3. The van der Waals surface area contributed by atoms with Gasteiger partial charge in [0.05, 0.1) is 11.0 Å². The standard InChI is InChI=1S/C31H22N2/c1-2-12-23(13-3-1)33-29-19-9-6-16-26(29)31-22(11-10-20-30(31)33)21-32-27-17-7-4-14-24(27)25-15-5-8-18-28(25)32/h1-20H,21H2. The molecular formula is C31H22N2. The van der Waals surface area contributed by atoms with Crippen molar-refractivity contribution in [1.29, 1.82) is 0 Å². The number of hydrogen-bond donors (Lipinski definition) is 0. The Bertz CT molecular complexity index is 1730. The molecule has 0 radical (unpaired) electrons. The van der Waals surface area contributed by atoms with E-state index in [0.29, 0.717) is 0 Å². The van der Waals surface area contributed by atoms with E-state index in [-0.39, 0.29) is 0 Å². The van der Waals surface area contributed by atoms with Crippen molar-refractivity contribution in [1.82, 2.24) is 9.13 Å². The molecule has 0 saturated heterocycles. The average Bonchev–Trinajstić information content (AvgIpc) is 3.39. The quantitative estimate of drug-likeness (QED) is 0.273. The van der Waals surface area contributed by atoms with Gasteiger partial charge in [-0.05, 0) is 42.0 Å². The topological polar surface area (TPSA) is 9.86 Å². The summed E-state index contributed by atoms with van der Waals surface area (Å²) in [7, 11) is 0. The molecule has 0 atom stereocenters. The van der Waals surface area contributed by atoms with E-state index in [1.165, 1.54) is 54.9 Å². The van der Waals surface area contributed by atoms with Crippen LogP contribution >= 0.6 is 0 Å². The zero-order valence-electron chi connectivity index (χ0n) is 18.1. The van der Waals surface area contributed by atoms with Crippen molar-refractivity contribution in [2.45, 2.75) is 6.54 Å². The molecule has 2 heterocycles. The van der Waals surface area contributed by atoms with Gasteiger partial charge in [-0.1, -0.05) is 84.9 Å². The molecule has 0 aliphatic carbocycles. The highest BCUT2D eigenvalue weighted by molar-refractivity contribution is 6.11. The molecule has 0 aliphatic rings. The van der Waals surface area contributed by atoms with Gasteiger partial charge in [0, 0.05) is 44.8 Å². The minimum Gasteiger partial charge on any atom is -0.336 e. The van der Waals surface area contributed by atoms with Crippen LogP contribution in [0.5, 0.6) is 0 Å². The van der Waals surface area contributed by atoms with Gasteiger partial charge in [0.2, 0.25) is 0 Å². The molecule has 7 rings (SSSR count). The van der Waals surface area contributed by atoms with Gasteiger partial charge < -0.3 is 9.13 Å². The fourth-order valence-electron chi connectivity index (χ4n) is 5.42. The van der Waals surface area contributed by atoms with E-state index in [0.717, 1.165) is 6.54 Å². The fourth-order valence-corrected chi connectivity index (χ4v) is 5.42. The normalized spacial score (nSPS) is 11.8. The van der Waals surface area contributed by atoms with Crippen LogP contribution in [0.15, 0.2) is 121 Å². The van der Waals surface area contributed by atoms with Crippen molar-refractivity contribution in [3.63, 3.8) is 0 Å². The first-order valence-electron chi connectivity index (χ1n) is 11.4. The lowest BCUT2D eigenvalue weighted by Gasteiger charge is -2.11. The third-order valence-electron chi connectivity index (χ3n) is 6.81. The number of nitrogens with zero attached hydrogens (tertiary/aromatic N) is 2. The lowest BCUT2D eigenvalue weighted by molar-refractivity contribution is 0.876. The molecule has 33 heavy (non-hydrogen) atoms. The second-order valence-electron chi connectivity index (χ2n) is 8.62. The van der Waals surface area contributed by atoms with Crippen molar-refractivity contribution in [2.24, 2.45) is 0 Å². The molecule has 0 bridgehead atoms. The van der Waals surface area contributed by atoms with Gasteiger partial charge in [-0.2, -0.15) is 0 Å². The molecular weight excluding hydrogens is 400 g/mol. The van der Waals surface area contributed by atoms with Crippen LogP contribution in [0.3, 0.4) is 0 Å². The first-order valence-corrected chi connectivity index (χ1v) is 11.4. The molecule has 2 heteroatoms. The Hall–Kier alpha value is -4.30. The fraction of sp³-hybridized carbons (Fsp3) is 0.0323. The third-order valence-corrected chi connectivity index (χ3v) is 6.81. The lowest BCUT2D eigenvalue weighted by Crippen LogP contribution is -2.00. The molecule has 0 spiro atoms. The Labute approximate surface area is 191 Å². The Morgan fingerprint density at radius 3 is 1.67 bits per heavy atom. The van der Waals surface area contributed by atoms with E-state index in [1.54, 1.807) is 0 Å². The highest BCUT2D eigenvalue weighted by atomic mass is 15.0.